The third-order valence-corrected chi connectivity index (χ3v) is 12.3. The highest BCUT2D eigenvalue weighted by Gasteiger charge is 2.19. The maximum absolute atomic E-state index is 12.8. The second-order valence-electron chi connectivity index (χ2n) is 18.9. The van der Waals surface area contributed by atoms with Gasteiger partial charge in [-0.3, -0.25) is 14.4 Å². The van der Waals surface area contributed by atoms with Crippen LogP contribution in [0.2, 0.25) is 0 Å². The molecule has 1 unspecified atom stereocenters. The van der Waals surface area contributed by atoms with Gasteiger partial charge in [0.15, 0.2) is 6.10 Å². The molecule has 0 aromatic rings. The van der Waals surface area contributed by atoms with Crippen LogP contribution in [0.25, 0.3) is 0 Å². The number of carbonyl (C=O) groups excluding carboxylic acids is 3. The molecule has 0 aliphatic carbocycles. The second-order valence-corrected chi connectivity index (χ2v) is 18.9. The lowest BCUT2D eigenvalue weighted by Crippen LogP contribution is -2.30. The zero-order valence-corrected chi connectivity index (χ0v) is 40.4. The van der Waals surface area contributed by atoms with Gasteiger partial charge in [-0.05, 0) is 31.1 Å². The van der Waals surface area contributed by atoms with Gasteiger partial charge in [0.25, 0.3) is 0 Å². The quantitative estimate of drug-likeness (QED) is 0.0345. The normalized spacial score (nSPS) is 12.5. The lowest BCUT2D eigenvalue weighted by atomic mass is 9.99. The Labute approximate surface area is 368 Å². The number of unbranched alkanes of at least 4 members (excludes halogenated alkanes) is 31. The summed E-state index contributed by atoms with van der Waals surface area (Å²) in [4.78, 5) is 37.9. The Kier molecular flexibility index (Phi) is 44.7. The Bertz CT molecular complexity index is 902. The van der Waals surface area contributed by atoms with Crippen LogP contribution in [-0.2, 0) is 28.6 Å². The van der Waals surface area contributed by atoms with E-state index in [0.29, 0.717) is 19.3 Å². The van der Waals surface area contributed by atoms with Gasteiger partial charge in [0.05, 0.1) is 0 Å². The van der Waals surface area contributed by atoms with Crippen LogP contribution in [0.1, 0.15) is 291 Å². The number of ether oxygens (including phenoxy) is 3. The summed E-state index contributed by atoms with van der Waals surface area (Å²) >= 11 is 0. The van der Waals surface area contributed by atoms with Crippen molar-refractivity contribution in [2.24, 2.45) is 11.8 Å². The Morgan fingerprint density at radius 2 is 0.644 bits per heavy atom. The van der Waals surface area contributed by atoms with Gasteiger partial charge < -0.3 is 14.2 Å². The van der Waals surface area contributed by atoms with Crippen LogP contribution in [0.15, 0.2) is 0 Å². The van der Waals surface area contributed by atoms with Crippen molar-refractivity contribution in [2.75, 3.05) is 13.2 Å². The molecular weight excluding hydrogens is 733 g/mol. The van der Waals surface area contributed by atoms with Gasteiger partial charge in [-0.25, -0.2) is 0 Å². The first-order valence-corrected chi connectivity index (χ1v) is 26.3. The molecular formula is C53H102O6. The molecule has 0 amide bonds. The van der Waals surface area contributed by atoms with E-state index in [1.165, 1.54) is 180 Å². The Morgan fingerprint density at radius 3 is 0.966 bits per heavy atom. The largest absolute Gasteiger partial charge is 0.462 e. The monoisotopic (exact) mass is 835 g/mol. The summed E-state index contributed by atoms with van der Waals surface area (Å²) in [5.41, 5.74) is 0. The molecule has 0 heterocycles. The molecule has 0 radical (unpaired) electrons. The third-order valence-electron chi connectivity index (χ3n) is 12.3. The minimum absolute atomic E-state index is 0.0647. The highest BCUT2D eigenvalue weighted by molar-refractivity contribution is 5.71. The van der Waals surface area contributed by atoms with Crippen molar-refractivity contribution in [1.82, 2.24) is 0 Å². The highest BCUT2D eigenvalue weighted by atomic mass is 16.6. The van der Waals surface area contributed by atoms with E-state index in [2.05, 4.69) is 34.6 Å². The van der Waals surface area contributed by atoms with Crippen molar-refractivity contribution in [1.29, 1.82) is 0 Å². The number of carbonyl (C=O) groups is 3. The maximum Gasteiger partial charge on any atom is 0.306 e. The van der Waals surface area contributed by atoms with E-state index in [1.54, 1.807) is 0 Å². The molecule has 0 saturated carbocycles. The fraction of sp³-hybridized carbons (Fsp3) is 0.943. The molecule has 6 heteroatoms. The maximum atomic E-state index is 12.8. The first-order valence-electron chi connectivity index (χ1n) is 26.3. The lowest BCUT2D eigenvalue weighted by molar-refractivity contribution is -0.167. The van der Waals surface area contributed by atoms with E-state index in [-0.39, 0.29) is 31.1 Å². The third kappa shape index (κ3) is 45.8. The van der Waals surface area contributed by atoms with Crippen molar-refractivity contribution in [3.63, 3.8) is 0 Å². The Balaban J connectivity index is 4.24. The lowest BCUT2D eigenvalue weighted by Gasteiger charge is -2.18. The minimum atomic E-state index is -0.762. The smallest absolute Gasteiger partial charge is 0.306 e. The fourth-order valence-electron chi connectivity index (χ4n) is 7.96. The predicted molar refractivity (Wildman–Crippen MR) is 252 cm³/mol. The van der Waals surface area contributed by atoms with Crippen LogP contribution in [-0.4, -0.2) is 37.2 Å². The van der Waals surface area contributed by atoms with Gasteiger partial charge in [-0.15, -0.1) is 0 Å². The van der Waals surface area contributed by atoms with Gasteiger partial charge >= 0.3 is 17.9 Å². The van der Waals surface area contributed by atoms with Gasteiger partial charge in [0, 0.05) is 19.3 Å². The summed E-state index contributed by atoms with van der Waals surface area (Å²) in [6, 6.07) is 0. The van der Waals surface area contributed by atoms with Crippen molar-refractivity contribution >= 4 is 17.9 Å². The van der Waals surface area contributed by atoms with E-state index in [4.69, 9.17) is 14.2 Å². The molecule has 0 spiro atoms. The molecule has 350 valence electrons. The predicted octanol–water partition coefficient (Wildman–Crippen LogP) is 16.9. The summed E-state index contributed by atoms with van der Waals surface area (Å²) in [5, 5.41) is 0. The van der Waals surface area contributed by atoms with Crippen molar-refractivity contribution in [3.05, 3.63) is 0 Å². The summed E-state index contributed by atoms with van der Waals surface area (Å²) in [6.07, 6.45) is 46.7. The number of hydrogen-bond donors (Lipinski definition) is 0. The molecule has 0 aromatic heterocycles. The molecule has 0 rings (SSSR count). The second kappa shape index (κ2) is 45.9. The van der Waals surface area contributed by atoms with Crippen LogP contribution >= 0.6 is 0 Å². The molecule has 0 aromatic carbocycles. The van der Waals surface area contributed by atoms with Gasteiger partial charge in [0.1, 0.15) is 13.2 Å². The average Bonchev–Trinajstić information content (AvgIpc) is 3.22. The molecule has 0 bridgehead atoms. The molecule has 59 heavy (non-hydrogen) atoms. The average molecular weight is 835 g/mol. The van der Waals surface area contributed by atoms with E-state index in [9.17, 15) is 14.4 Å². The van der Waals surface area contributed by atoms with Crippen LogP contribution < -0.4 is 0 Å². The molecule has 0 N–H and O–H groups in total. The van der Waals surface area contributed by atoms with E-state index >= 15 is 0 Å². The molecule has 0 aliphatic heterocycles. The highest BCUT2D eigenvalue weighted by Crippen LogP contribution is 2.18. The fourth-order valence-corrected chi connectivity index (χ4v) is 7.96. The molecule has 0 aliphatic rings. The topological polar surface area (TPSA) is 78.9 Å². The molecule has 2 atom stereocenters. The van der Waals surface area contributed by atoms with Crippen LogP contribution in [0.3, 0.4) is 0 Å². The zero-order chi connectivity index (χ0) is 43.3. The Hall–Kier alpha value is -1.59. The molecule has 0 fully saturated rings. The van der Waals surface area contributed by atoms with E-state index in [0.717, 1.165) is 69.6 Å². The SMILES string of the molecule is CCCCCCCCCCCCCCCCCCCCCC(=O)OC[C@H](COC(=O)CCCCCCCCCC(C)C)OC(=O)CCCCCCCCCCC(C)CC. The van der Waals surface area contributed by atoms with Gasteiger partial charge in [-0.1, -0.05) is 253 Å². The van der Waals surface area contributed by atoms with Crippen molar-refractivity contribution in [3.8, 4) is 0 Å². The van der Waals surface area contributed by atoms with Crippen LogP contribution in [0.5, 0.6) is 0 Å². The first-order chi connectivity index (χ1) is 28.8. The summed E-state index contributed by atoms with van der Waals surface area (Å²) in [6.45, 7) is 11.3. The zero-order valence-electron chi connectivity index (χ0n) is 40.4. The summed E-state index contributed by atoms with van der Waals surface area (Å²) < 4.78 is 16.8. The number of rotatable bonds is 47. The number of hydrogen-bond acceptors (Lipinski definition) is 6. The number of esters is 3. The molecule has 6 nitrogen and oxygen atoms in total. The van der Waals surface area contributed by atoms with E-state index in [1.807, 2.05) is 0 Å². The van der Waals surface area contributed by atoms with Gasteiger partial charge in [-0.2, -0.15) is 0 Å². The standard InChI is InChI=1S/C53H102O6/c1-6-8-9-10-11-12-13-14-15-16-17-18-19-20-21-22-28-33-38-43-51(54)57-46-50(47-58-52(55)44-39-34-30-25-26-31-36-41-48(3)4)59-53(56)45-40-35-29-24-23-27-32-37-42-49(5)7-2/h48-50H,6-47H2,1-5H3/t49?,50-/m1/s1. The van der Waals surface area contributed by atoms with Crippen molar-refractivity contribution in [2.45, 2.75) is 298 Å². The first kappa shape index (κ1) is 57.4. The van der Waals surface area contributed by atoms with Gasteiger partial charge in [0.2, 0.25) is 0 Å². The molecule has 0 saturated heterocycles. The van der Waals surface area contributed by atoms with Crippen LogP contribution in [0, 0.1) is 11.8 Å². The summed E-state index contributed by atoms with van der Waals surface area (Å²) in [7, 11) is 0. The minimum Gasteiger partial charge on any atom is -0.462 e. The van der Waals surface area contributed by atoms with Crippen LogP contribution in [0.4, 0.5) is 0 Å². The Morgan fingerprint density at radius 1 is 0.356 bits per heavy atom. The van der Waals surface area contributed by atoms with E-state index < -0.39 is 6.10 Å². The van der Waals surface area contributed by atoms with Crippen molar-refractivity contribution < 1.29 is 28.6 Å². The summed E-state index contributed by atoms with van der Waals surface area (Å²) in [5.74, 6) is 0.773.